The molecule has 0 saturated carbocycles. The number of aryl methyl sites for hydroxylation is 1. The van der Waals surface area contributed by atoms with Gasteiger partial charge in [-0.1, -0.05) is 12.1 Å². The summed E-state index contributed by atoms with van der Waals surface area (Å²) in [5.41, 5.74) is 2.76. The fraction of sp³-hybridized carbons (Fsp3) is 0.429. The first-order valence-electron chi connectivity index (χ1n) is 6.30. The molecule has 1 aromatic rings. The number of nitriles is 1. The van der Waals surface area contributed by atoms with Crippen LogP contribution in [0.5, 0.6) is 0 Å². The number of aliphatic carboxylic acids is 1. The van der Waals surface area contributed by atoms with E-state index in [1.165, 1.54) is 0 Å². The van der Waals surface area contributed by atoms with E-state index >= 15 is 0 Å². The van der Waals surface area contributed by atoms with Crippen LogP contribution in [0.2, 0.25) is 0 Å². The Labute approximate surface area is 112 Å². The van der Waals surface area contributed by atoms with Crippen LogP contribution in [0.3, 0.4) is 0 Å². The molecule has 0 spiro atoms. The van der Waals surface area contributed by atoms with Crippen molar-refractivity contribution in [2.75, 3.05) is 37.6 Å². The van der Waals surface area contributed by atoms with Crippen LogP contribution >= 0.6 is 0 Å². The molecule has 0 unspecified atom stereocenters. The van der Waals surface area contributed by atoms with E-state index in [0.717, 1.165) is 24.3 Å². The van der Waals surface area contributed by atoms with E-state index in [1.54, 1.807) is 0 Å². The third-order valence-electron chi connectivity index (χ3n) is 3.41. The predicted octanol–water partition coefficient (Wildman–Crippen LogP) is 1.07. The number of hydrogen-bond acceptors (Lipinski definition) is 4. The van der Waals surface area contributed by atoms with Gasteiger partial charge in [0.2, 0.25) is 0 Å². The smallest absolute Gasteiger partial charge is 0.317 e. The van der Waals surface area contributed by atoms with Crippen LogP contribution in [-0.4, -0.2) is 48.7 Å². The van der Waals surface area contributed by atoms with Crippen LogP contribution in [0.4, 0.5) is 5.69 Å². The number of rotatable bonds is 3. The topological polar surface area (TPSA) is 67.6 Å². The van der Waals surface area contributed by atoms with Crippen LogP contribution < -0.4 is 4.90 Å². The highest BCUT2D eigenvalue weighted by Crippen LogP contribution is 2.25. The maximum atomic E-state index is 10.7. The number of benzene rings is 1. The Morgan fingerprint density at radius 2 is 2.05 bits per heavy atom. The SMILES string of the molecule is Cc1cccc(C#N)c1N1CCN(CC(=O)O)CC1. The van der Waals surface area contributed by atoms with Crippen molar-refractivity contribution in [2.45, 2.75) is 6.92 Å². The molecule has 1 saturated heterocycles. The van der Waals surface area contributed by atoms with Gasteiger partial charge in [-0.3, -0.25) is 9.69 Å². The lowest BCUT2D eigenvalue weighted by Gasteiger charge is -2.36. The Bertz CT molecular complexity index is 514. The molecule has 1 aromatic carbocycles. The van der Waals surface area contributed by atoms with Crippen molar-refractivity contribution in [3.8, 4) is 6.07 Å². The van der Waals surface area contributed by atoms with Crippen molar-refractivity contribution >= 4 is 11.7 Å². The lowest BCUT2D eigenvalue weighted by Crippen LogP contribution is -2.48. The summed E-state index contributed by atoms with van der Waals surface area (Å²) in [6, 6.07) is 7.94. The van der Waals surface area contributed by atoms with Crippen molar-refractivity contribution < 1.29 is 9.90 Å². The molecular weight excluding hydrogens is 242 g/mol. The van der Waals surface area contributed by atoms with Gasteiger partial charge in [0.1, 0.15) is 6.07 Å². The summed E-state index contributed by atoms with van der Waals surface area (Å²) in [6.45, 7) is 5.03. The maximum absolute atomic E-state index is 10.7. The van der Waals surface area contributed by atoms with Gasteiger partial charge >= 0.3 is 5.97 Å². The van der Waals surface area contributed by atoms with E-state index in [2.05, 4.69) is 11.0 Å². The zero-order chi connectivity index (χ0) is 13.8. The van der Waals surface area contributed by atoms with Crippen LogP contribution in [0.15, 0.2) is 18.2 Å². The van der Waals surface area contributed by atoms with E-state index < -0.39 is 5.97 Å². The predicted molar refractivity (Wildman–Crippen MR) is 72.2 cm³/mol. The van der Waals surface area contributed by atoms with Gasteiger partial charge in [-0.15, -0.1) is 0 Å². The quantitative estimate of drug-likeness (QED) is 0.879. The Morgan fingerprint density at radius 3 is 2.63 bits per heavy atom. The zero-order valence-corrected chi connectivity index (χ0v) is 11.0. The Balaban J connectivity index is 2.10. The summed E-state index contributed by atoms with van der Waals surface area (Å²) < 4.78 is 0. The van der Waals surface area contributed by atoms with E-state index in [1.807, 2.05) is 30.0 Å². The zero-order valence-electron chi connectivity index (χ0n) is 11.0. The number of carbonyl (C=O) groups is 1. The molecular formula is C14H17N3O2. The summed E-state index contributed by atoms with van der Waals surface area (Å²) >= 11 is 0. The minimum atomic E-state index is -0.790. The highest BCUT2D eigenvalue weighted by atomic mass is 16.4. The van der Waals surface area contributed by atoms with Crippen LogP contribution in [0.1, 0.15) is 11.1 Å². The summed E-state index contributed by atoms with van der Waals surface area (Å²) in [7, 11) is 0. The first-order valence-corrected chi connectivity index (χ1v) is 6.30. The second-order valence-electron chi connectivity index (χ2n) is 4.74. The van der Waals surface area contributed by atoms with Crippen LogP contribution in [0, 0.1) is 18.3 Å². The van der Waals surface area contributed by atoms with Gasteiger partial charge in [0.25, 0.3) is 0 Å². The maximum Gasteiger partial charge on any atom is 0.317 e. The fourth-order valence-electron chi connectivity index (χ4n) is 2.49. The molecule has 5 heteroatoms. The minimum absolute atomic E-state index is 0.0900. The van der Waals surface area contributed by atoms with Crippen molar-refractivity contribution in [3.05, 3.63) is 29.3 Å². The van der Waals surface area contributed by atoms with E-state index in [9.17, 15) is 10.1 Å². The highest BCUT2D eigenvalue weighted by Gasteiger charge is 2.21. The molecule has 0 aromatic heterocycles. The monoisotopic (exact) mass is 259 g/mol. The first kappa shape index (κ1) is 13.4. The average Bonchev–Trinajstić information content (AvgIpc) is 2.39. The molecule has 0 radical (unpaired) electrons. The number of piperazine rings is 1. The lowest BCUT2D eigenvalue weighted by molar-refractivity contribution is -0.138. The number of carboxylic acid groups (broad SMARTS) is 1. The lowest BCUT2D eigenvalue weighted by atomic mass is 10.1. The molecule has 19 heavy (non-hydrogen) atoms. The van der Waals surface area contributed by atoms with Crippen LogP contribution in [0.25, 0.3) is 0 Å². The Kier molecular flexibility index (Phi) is 4.03. The van der Waals surface area contributed by atoms with Gasteiger partial charge in [-0.2, -0.15) is 5.26 Å². The third-order valence-corrected chi connectivity index (χ3v) is 3.41. The molecule has 0 amide bonds. The summed E-state index contributed by atoms with van der Waals surface area (Å²) in [5, 5.41) is 18.0. The van der Waals surface area contributed by atoms with Crippen molar-refractivity contribution in [1.29, 1.82) is 5.26 Å². The number of hydrogen-bond donors (Lipinski definition) is 1. The second-order valence-corrected chi connectivity index (χ2v) is 4.74. The molecule has 0 bridgehead atoms. The summed E-state index contributed by atoms with van der Waals surface area (Å²) in [4.78, 5) is 14.8. The van der Waals surface area contributed by atoms with E-state index in [0.29, 0.717) is 18.7 Å². The molecule has 1 heterocycles. The fourth-order valence-corrected chi connectivity index (χ4v) is 2.49. The van der Waals surface area contributed by atoms with Gasteiger partial charge in [0.05, 0.1) is 17.8 Å². The van der Waals surface area contributed by atoms with Gasteiger partial charge in [0.15, 0.2) is 0 Å². The molecule has 1 aliphatic rings. The van der Waals surface area contributed by atoms with Crippen LogP contribution in [-0.2, 0) is 4.79 Å². The van der Waals surface area contributed by atoms with Crippen molar-refractivity contribution in [3.63, 3.8) is 0 Å². The highest BCUT2D eigenvalue weighted by molar-refractivity contribution is 5.69. The molecule has 2 rings (SSSR count). The average molecular weight is 259 g/mol. The summed E-state index contributed by atoms with van der Waals surface area (Å²) in [6.07, 6.45) is 0. The number of anilines is 1. The molecule has 1 N–H and O–H groups in total. The van der Waals surface area contributed by atoms with Gasteiger partial charge in [-0.05, 0) is 18.6 Å². The molecule has 100 valence electrons. The third kappa shape index (κ3) is 3.04. The molecule has 1 aliphatic heterocycles. The number of nitrogens with zero attached hydrogens (tertiary/aromatic N) is 3. The largest absolute Gasteiger partial charge is 0.480 e. The minimum Gasteiger partial charge on any atom is -0.480 e. The number of para-hydroxylation sites is 1. The molecule has 0 atom stereocenters. The van der Waals surface area contributed by atoms with Gasteiger partial charge < -0.3 is 10.0 Å². The summed E-state index contributed by atoms with van der Waals surface area (Å²) in [5.74, 6) is -0.790. The van der Waals surface area contributed by atoms with Gasteiger partial charge in [0, 0.05) is 26.2 Å². The molecule has 5 nitrogen and oxygen atoms in total. The Morgan fingerprint density at radius 1 is 1.37 bits per heavy atom. The van der Waals surface area contributed by atoms with Crippen molar-refractivity contribution in [1.82, 2.24) is 4.90 Å². The molecule has 1 fully saturated rings. The van der Waals surface area contributed by atoms with E-state index in [4.69, 9.17) is 5.11 Å². The standard InChI is InChI=1S/C14H17N3O2/c1-11-3-2-4-12(9-15)14(11)17-7-5-16(6-8-17)10-13(18)19/h2-4H,5-8,10H2,1H3,(H,18,19). The second kappa shape index (κ2) is 5.72. The van der Waals surface area contributed by atoms with Gasteiger partial charge in [-0.25, -0.2) is 0 Å². The molecule has 0 aliphatic carbocycles. The normalized spacial score (nSPS) is 16.1. The first-order chi connectivity index (χ1) is 9.11. The number of carboxylic acids is 1. The Hall–Kier alpha value is -2.06. The van der Waals surface area contributed by atoms with E-state index in [-0.39, 0.29) is 6.54 Å². The van der Waals surface area contributed by atoms with Crippen molar-refractivity contribution in [2.24, 2.45) is 0 Å².